The fraction of sp³-hybridized carbons (Fsp3) is 0.444. The third-order valence-corrected chi connectivity index (χ3v) is 3.80. The van der Waals surface area contributed by atoms with E-state index in [9.17, 15) is 9.59 Å². The largest absolute Gasteiger partial charge is 0.463 e. The van der Waals surface area contributed by atoms with Gasteiger partial charge in [0.25, 0.3) is 0 Å². The van der Waals surface area contributed by atoms with Gasteiger partial charge in [-0.1, -0.05) is 42.5 Å². The van der Waals surface area contributed by atoms with Crippen LogP contribution >= 0.6 is 0 Å². The van der Waals surface area contributed by atoms with Gasteiger partial charge in [0.1, 0.15) is 6.61 Å². The average Bonchev–Trinajstić information content (AvgIpc) is 2.50. The van der Waals surface area contributed by atoms with Crippen molar-refractivity contribution in [1.82, 2.24) is 5.32 Å². The van der Waals surface area contributed by atoms with Crippen molar-refractivity contribution in [2.75, 3.05) is 6.61 Å². The molecule has 1 unspecified atom stereocenters. The Labute approximate surface area is 131 Å². The van der Waals surface area contributed by atoms with Crippen LogP contribution in [0.2, 0.25) is 0 Å². The van der Waals surface area contributed by atoms with Crippen molar-refractivity contribution >= 4 is 11.9 Å². The summed E-state index contributed by atoms with van der Waals surface area (Å²) in [6.07, 6.45) is 5.63. The smallest absolute Gasteiger partial charge is 0.311 e. The van der Waals surface area contributed by atoms with E-state index in [1.165, 1.54) is 0 Å². The number of hydrogen-bond acceptors (Lipinski definition) is 3. The standard InChI is InChI=1S/C18H23NO3/c1-18(2)12-8-4-7-11-16(20)19-15(13-22-17(18)21)14-9-5-3-6-10-14/h3-6,8-10,15H,7,11-13H2,1-2H3,(H,19,20). The van der Waals surface area contributed by atoms with E-state index in [4.69, 9.17) is 4.74 Å². The first-order valence-electron chi connectivity index (χ1n) is 7.65. The second-order valence-corrected chi connectivity index (χ2v) is 6.23. The maximum atomic E-state index is 12.2. The van der Waals surface area contributed by atoms with Crippen molar-refractivity contribution in [3.05, 3.63) is 48.0 Å². The molecule has 2 rings (SSSR count). The third-order valence-electron chi connectivity index (χ3n) is 3.80. The van der Waals surface area contributed by atoms with Crippen molar-refractivity contribution in [2.24, 2.45) is 5.41 Å². The molecule has 1 atom stereocenters. The zero-order chi connectivity index (χ0) is 16.0. The van der Waals surface area contributed by atoms with Crippen LogP contribution in [0, 0.1) is 5.41 Å². The number of hydrogen-bond donors (Lipinski definition) is 1. The normalized spacial score (nSPS) is 22.9. The van der Waals surface area contributed by atoms with Gasteiger partial charge in [0.05, 0.1) is 11.5 Å². The molecule has 0 bridgehead atoms. The van der Waals surface area contributed by atoms with Gasteiger partial charge in [0.2, 0.25) is 5.91 Å². The minimum absolute atomic E-state index is 0.0330. The summed E-state index contributed by atoms with van der Waals surface area (Å²) in [5.41, 5.74) is 0.384. The molecule has 1 aromatic carbocycles. The summed E-state index contributed by atoms with van der Waals surface area (Å²) in [5, 5.41) is 2.95. The van der Waals surface area contributed by atoms with E-state index in [0.717, 1.165) is 5.56 Å². The van der Waals surface area contributed by atoms with Gasteiger partial charge < -0.3 is 10.1 Å². The number of rotatable bonds is 1. The zero-order valence-electron chi connectivity index (χ0n) is 13.2. The molecule has 4 nitrogen and oxygen atoms in total. The maximum Gasteiger partial charge on any atom is 0.311 e. The second kappa shape index (κ2) is 7.25. The molecule has 0 saturated heterocycles. The summed E-state index contributed by atoms with van der Waals surface area (Å²) in [4.78, 5) is 24.2. The molecule has 0 radical (unpaired) electrons. The van der Waals surface area contributed by atoms with Gasteiger partial charge in [-0.3, -0.25) is 9.59 Å². The summed E-state index contributed by atoms with van der Waals surface area (Å²) in [6, 6.07) is 9.28. The fourth-order valence-corrected chi connectivity index (χ4v) is 2.32. The number of esters is 1. The number of allylic oxidation sites excluding steroid dienone is 2. The molecule has 0 aliphatic carbocycles. The van der Waals surface area contributed by atoms with Gasteiger partial charge in [-0.25, -0.2) is 0 Å². The van der Waals surface area contributed by atoms with Gasteiger partial charge in [-0.2, -0.15) is 0 Å². The molecule has 1 N–H and O–H groups in total. The number of carbonyl (C=O) groups is 2. The van der Waals surface area contributed by atoms with Crippen LogP contribution in [-0.2, 0) is 14.3 Å². The molecule has 0 spiro atoms. The van der Waals surface area contributed by atoms with E-state index in [1.807, 2.05) is 56.3 Å². The van der Waals surface area contributed by atoms with Gasteiger partial charge in [0.15, 0.2) is 0 Å². The Hall–Kier alpha value is -2.10. The van der Waals surface area contributed by atoms with Crippen LogP contribution in [0.15, 0.2) is 42.5 Å². The second-order valence-electron chi connectivity index (χ2n) is 6.23. The highest BCUT2D eigenvalue weighted by Crippen LogP contribution is 2.25. The molecular formula is C18H23NO3. The number of carbonyl (C=O) groups excluding carboxylic acids is 2. The van der Waals surface area contributed by atoms with Crippen LogP contribution in [0.4, 0.5) is 0 Å². The van der Waals surface area contributed by atoms with E-state index in [2.05, 4.69) is 5.32 Å². The van der Waals surface area contributed by atoms with E-state index in [-0.39, 0.29) is 24.5 Å². The number of ether oxygens (including phenoxy) is 1. The first-order valence-corrected chi connectivity index (χ1v) is 7.65. The molecule has 4 heteroatoms. The monoisotopic (exact) mass is 301 g/mol. The van der Waals surface area contributed by atoms with E-state index in [0.29, 0.717) is 19.3 Å². The first-order chi connectivity index (χ1) is 10.5. The molecule has 0 fully saturated rings. The Morgan fingerprint density at radius 2 is 1.86 bits per heavy atom. The Balaban J connectivity index is 2.18. The lowest BCUT2D eigenvalue weighted by molar-refractivity contribution is -0.155. The summed E-state index contributed by atoms with van der Waals surface area (Å²) >= 11 is 0. The van der Waals surface area contributed by atoms with Crippen LogP contribution in [0.25, 0.3) is 0 Å². The molecule has 1 aliphatic rings. The summed E-state index contributed by atoms with van der Waals surface area (Å²) in [6.45, 7) is 3.91. The van der Waals surface area contributed by atoms with Crippen LogP contribution < -0.4 is 5.32 Å². The Kier molecular flexibility index (Phi) is 5.36. The van der Waals surface area contributed by atoms with Crippen molar-refractivity contribution in [2.45, 2.75) is 39.2 Å². The maximum absolute atomic E-state index is 12.2. The van der Waals surface area contributed by atoms with Gasteiger partial charge >= 0.3 is 5.97 Å². The van der Waals surface area contributed by atoms with Crippen molar-refractivity contribution in [3.63, 3.8) is 0 Å². The topological polar surface area (TPSA) is 55.4 Å². The molecule has 1 heterocycles. The van der Waals surface area contributed by atoms with Crippen molar-refractivity contribution in [3.8, 4) is 0 Å². The minimum atomic E-state index is -0.555. The Morgan fingerprint density at radius 3 is 2.59 bits per heavy atom. The Bertz CT molecular complexity index is 549. The van der Waals surface area contributed by atoms with Crippen LogP contribution in [0.5, 0.6) is 0 Å². The molecule has 1 aliphatic heterocycles. The summed E-state index contributed by atoms with van der Waals surface area (Å²) in [5.74, 6) is -0.276. The lowest BCUT2D eigenvalue weighted by Gasteiger charge is -2.25. The van der Waals surface area contributed by atoms with Crippen LogP contribution in [-0.4, -0.2) is 18.5 Å². The molecule has 0 aromatic heterocycles. The summed E-state index contributed by atoms with van der Waals surface area (Å²) < 4.78 is 5.46. The summed E-state index contributed by atoms with van der Waals surface area (Å²) in [7, 11) is 0. The van der Waals surface area contributed by atoms with E-state index < -0.39 is 5.41 Å². The van der Waals surface area contributed by atoms with Crippen molar-refractivity contribution < 1.29 is 14.3 Å². The highest BCUT2D eigenvalue weighted by Gasteiger charge is 2.29. The minimum Gasteiger partial charge on any atom is -0.463 e. The molecule has 0 saturated carbocycles. The average molecular weight is 301 g/mol. The lowest BCUT2D eigenvalue weighted by atomic mass is 9.89. The van der Waals surface area contributed by atoms with Crippen molar-refractivity contribution in [1.29, 1.82) is 0 Å². The Morgan fingerprint density at radius 1 is 1.14 bits per heavy atom. The van der Waals surface area contributed by atoms with Crippen LogP contribution in [0.3, 0.4) is 0 Å². The van der Waals surface area contributed by atoms with Gasteiger partial charge in [-0.05, 0) is 32.3 Å². The lowest BCUT2D eigenvalue weighted by Crippen LogP contribution is -2.34. The number of cyclic esters (lactones) is 1. The van der Waals surface area contributed by atoms with E-state index in [1.54, 1.807) is 0 Å². The molecule has 1 aromatic rings. The SMILES string of the molecule is CC1(C)CC=CCCC(=O)NC(c2ccccc2)COC1=O. The van der Waals surface area contributed by atoms with Crippen LogP contribution in [0.1, 0.15) is 44.7 Å². The molecular weight excluding hydrogens is 278 g/mol. The van der Waals surface area contributed by atoms with Gasteiger partial charge in [0, 0.05) is 6.42 Å². The van der Waals surface area contributed by atoms with Gasteiger partial charge in [-0.15, -0.1) is 0 Å². The predicted octanol–water partition coefficient (Wildman–Crippen LogP) is 3.15. The number of nitrogens with one attached hydrogen (secondary N) is 1. The quantitative estimate of drug-likeness (QED) is 0.640. The third kappa shape index (κ3) is 4.45. The highest BCUT2D eigenvalue weighted by molar-refractivity contribution is 5.77. The molecule has 22 heavy (non-hydrogen) atoms. The highest BCUT2D eigenvalue weighted by atomic mass is 16.5. The zero-order valence-corrected chi connectivity index (χ0v) is 13.2. The fourth-order valence-electron chi connectivity index (χ4n) is 2.32. The number of benzene rings is 1. The molecule has 118 valence electrons. The molecule has 1 amide bonds. The number of amides is 1. The first kappa shape index (κ1) is 16.3. The van der Waals surface area contributed by atoms with E-state index >= 15 is 0 Å². The predicted molar refractivity (Wildman–Crippen MR) is 85.1 cm³/mol.